The minimum atomic E-state index is -0.239. The van der Waals surface area contributed by atoms with Crippen molar-refractivity contribution < 1.29 is 9.59 Å². The van der Waals surface area contributed by atoms with Crippen LogP contribution in [0.15, 0.2) is 60.0 Å². The lowest BCUT2D eigenvalue weighted by atomic mass is 10.1. The molecule has 7 heteroatoms. The molecule has 2 aromatic carbocycles. The number of nitrogens with one attached hydrogen (secondary N) is 2. The highest BCUT2D eigenvalue weighted by Crippen LogP contribution is 2.32. The zero-order valence-corrected chi connectivity index (χ0v) is 18.0. The van der Waals surface area contributed by atoms with Crippen molar-refractivity contribution >= 4 is 40.2 Å². The number of hydrogen-bond acceptors (Lipinski definition) is 5. The van der Waals surface area contributed by atoms with E-state index in [0.29, 0.717) is 35.7 Å². The van der Waals surface area contributed by atoms with Crippen LogP contribution in [-0.4, -0.2) is 36.3 Å². The van der Waals surface area contributed by atoms with Gasteiger partial charge in [-0.3, -0.25) is 9.59 Å². The quantitative estimate of drug-likeness (QED) is 0.466. The van der Waals surface area contributed by atoms with Crippen LogP contribution in [0.25, 0.3) is 10.4 Å². The molecule has 0 atom stereocenters. The van der Waals surface area contributed by atoms with Gasteiger partial charge >= 0.3 is 0 Å². The third-order valence-electron chi connectivity index (χ3n) is 4.79. The molecule has 0 aliphatic rings. The first-order valence-electron chi connectivity index (χ1n) is 9.88. The summed E-state index contributed by atoms with van der Waals surface area (Å²) in [4.78, 5) is 28.0. The third-order valence-corrected chi connectivity index (χ3v) is 5.71. The number of thiophene rings is 1. The number of rotatable bonds is 8. The summed E-state index contributed by atoms with van der Waals surface area (Å²) in [5, 5.41) is 8.16. The summed E-state index contributed by atoms with van der Waals surface area (Å²) in [5.74, 6) is -0.227. The average Bonchev–Trinajstić information content (AvgIpc) is 3.29. The monoisotopic (exact) mass is 422 g/mol. The van der Waals surface area contributed by atoms with Crippen molar-refractivity contribution in [3.63, 3.8) is 0 Å². The third kappa shape index (κ3) is 5.18. The number of nitrogens with zero attached hydrogens (tertiary/aromatic N) is 1. The zero-order chi connectivity index (χ0) is 21.5. The number of nitrogen functional groups attached to an aromatic ring is 1. The van der Waals surface area contributed by atoms with Crippen molar-refractivity contribution in [2.75, 3.05) is 36.0 Å². The van der Waals surface area contributed by atoms with Gasteiger partial charge in [-0.15, -0.1) is 11.3 Å². The lowest BCUT2D eigenvalue weighted by Crippen LogP contribution is -2.35. The Morgan fingerprint density at radius 1 is 1.00 bits per heavy atom. The maximum atomic E-state index is 12.8. The van der Waals surface area contributed by atoms with Gasteiger partial charge in [0, 0.05) is 29.2 Å². The number of benzene rings is 2. The van der Waals surface area contributed by atoms with Crippen LogP contribution < -0.4 is 16.4 Å². The molecule has 0 spiro atoms. The first-order valence-corrected chi connectivity index (χ1v) is 10.8. The van der Waals surface area contributed by atoms with Gasteiger partial charge in [0.05, 0.1) is 17.9 Å². The van der Waals surface area contributed by atoms with E-state index < -0.39 is 0 Å². The first-order chi connectivity index (χ1) is 14.5. The molecule has 0 saturated heterocycles. The van der Waals surface area contributed by atoms with Gasteiger partial charge in [0.2, 0.25) is 5.91 Å². The van der Waals surface area contributed by atoms with Gasteiger partial charge in [0.25, 0.3) is 5.91 Å². The highest BCUT2D eigenvalue weighted by molar-refractivity contribution is 7.13. The van der Waals surface area contributed by atoms with Gasteiger partial charge in [-0.25, -0.2) is 0 Å². The summed E-state index contributed by atoms with van der Waals surface area (Å²) < 4.78 is 0. The normalized spacial score (nSPS) is 10.5. The molecule has 0 fully saturated rings. The van der Waals surface area contributed by atoms with Gasteiger partial charge in [0.15, 0.2) is 0 Å². The van der Waals surface area contributed by atoms with Gasteiger partial charge < -0.3 is 21.3 Å². The number of carbonyl (C=O) groups is 2. The van der Waals surface area contributed by atoms with Gasteiger partial charge in [-0.2, -0.15) is 0 Å². The number of likely N-dealkylation sites (N-methyl/N-ethyl adjacent to an activating group) is 1. The molecular formula is C23H26N4O2S. The number of nitrogens with two attached hydrogens (primary N) is 1. The van der Waals surface area contributed by atoms with E-state index in [4.69, 9.17) is 5.73 Å². The molecule has 1 heterocycles. The maximum Gasteiger partial charge on any atom is 0.255 e. The summed E-state index contributed by atoms with van der Waals surface area (Å²) in [6, 6.07) is 16.6. The van der Waals surface area contributed by atoms with E-state index in [0.717, 1.165) is 10.4 Å². The highest BCUT2D eigenvalue weighted by Gasteiger charge is 2.14. The summed E-state index contributed by atoms with van der Waals surface area (Å²) in [7, 11) is 0. The number of carbonyl (C=O) groups excluding carboxylic acids is 2. The smallest absolute Gasteiger partial charge is 0.255 e. The van der Waals surface area contributed by atoms with Crippen molar-refractivity contribution in [1.29, 1.82) is 0 Å². The fourth-order valence-corrected chi connectivity index (χ4v) is 3.81. The first kappa shape index (κ1) is 21.4. The Bertz CT molecular complexity index is 997. The van der Waals surface area contributed by atoms with Crippen LogP contribution in [0.5, 0.6) is 0 Å². The summed E-state index contributed by atoms with van der Waals surface area (Å²) in [6.07, 6.45) is 0. The molecule has 3 rings (SSSR count). The second kappa shape index (κ2) is 9.93. The van der Waals surface area contributed by atoms with E-state index in [1.54, 1.807) is 40.5 Å². The number of amides is 2. The van der Waals surface area contributed by atoms with E-state index in [-0.39, 0.29) is 18.4 Å². The van der Waals surface area contributed by atoms with Crippen molar-refractivity contribution in [1.82, 2.24) is 4.90 Å². The number of anilines is 3. The van der Waals surface area contributed by atoms with Crippen LogP contribution >= 0.6 is 11.3 Å². The van der Waals surface area contributed by atoms with Crippen LogP contribution in [0, 0.1) is 0 Å². The van der Waals surface area contributed by atoms with E-state index in [1.165, 1.54) is 0 Å². The van der Waals surface area contributed by atoms with Crippen molar-refractivity contribution in [2.24, 2.45) is 0 Å². The Kier molecular flexibility index (Phi) is 7.08. The fraction of sp³-hybridized carbons (Fsp3) is 0.217. The van der Waals surface area contributed by atoms with Crippen molar-refractivity contribution in [2.45, 2.75) is 13.8 Å². The summed E-state index contributed by atoms with van der Waals surface area (Å²) in [5.41, 5.74) is 9.14. The second-order valence-corrected chi connectivity index (χ2v) is 7.68. The Hall–Kier alpha value is -3.32. The molecule has 1 aromatic heterocycles. The highest BCUT2D eigenvalue weighted by atomic mass is 32.1. The topological polar surface area (TPSA) is 87.5 Å². The summed E-state index contributed by atoms with van der Waals surface area (Å²) >= 11 is 1.63. The van der Waals surface area contributed by atoms with Crippen LogP contribution in [0.1, 0.15) is 24.2 Å². The molecule has 30 heavy (non-hydrogen) atoms. The zero-order valence-electron chi connectivity index (χ0n) is 17.1. The van der Waals surface area contributed by atoms with Gasteiger partial charge in [0.1, 0.15) is 0 Å². The molecule has 3 aromatic rings. The molecule has 0 saturated carbocycles. The minimum absolute atomic E-state index is 0.0122. The lowest BCUT2D eigenvalue weighted by molar-refractivity contribution is -0.128. The Labute approximate surface area is 180 Å². The molecular weight excluding hydrogens is 396 g/mol. The molecule has 2 amide bonds. The Balaban J connectivity index is 1.85. The Morgan fingerprint density at radius 3 is 2.37 bits per heavy atom. The van der Waals surface area contributed by atoms with Gasteiger partial charge in [-0.05, 0) is 67.3 Å². The fourth-order valence-electron chi connectivity index (χ4n) is 3.09. The molecule has 0 aliphatic carbocycles. The van der Waals surface area contributed by atoms with Crippen LogP contribution in [0.4, 0.5) is 17.1 Å². The molecule has 0 unspecified atom stereocenters. The van der Waals surface area contributed by atoms with Crippen LogP contribution in [0.2, 0.25) is 0 Å². The molecule has 4 N–H and O–H groups in total. The summed E-state index contributed by atoms with van der Waals surface area (Å²) in [6.45, 7) is 5.39. The molecule has 156 valence electrons. The predicted molar refractivity (Wildman–Crippen MR) is 125 cm³/mol. The van der Waals surface area contributed by atoms with E-state index in [9.17, 15) is 9.59 Å². The maximum absolute atomic E-state index is 12.8. The molecule has 0 radical (unpaired) electrons. The van der Waals surface area contributed by atoms with Crippen molar-refractivity contribution in [3.8, 4) is 10.4 Å². The van der Waals surface area contributed by atoms with E-state index in [2.05, 4.69) is 10.6 Å². The van der Waals surface area contributed by atoms with Gasteiger partial charge in [-0.1, -0.05) is 12.1 Å². The second-order valence-electron chi connectivity index (χ2n) is 6.73. The van der Waals surface area contributed by atoms with Crippen LogP contribution in [-0.2, 0) is 4.79 Å². The van der Waals surface area contributed by atoms with Crippen molar-refractivity contribution in [3.05, 3.63) is 65.5 Å². The molecule has 0 bridgehead atoms. The average molecular weight is 423 g/mol. The standard InChI is InChI=1S/C23H26N4O2S/c1-3-27(4-2)22(28)15-25-19-12-9-17(21-6-5-13-30-21)14-20(19)26-23(29)16-7-10-18(24)11-8-16/h5-14,25H,3-4,15,24H2,1-2H3,(H,26,29). The SMILES string of the molecule is CCN(CC)C(=O)CNc1ccc(-c2cccs2)cc1NC(=O)c1ccc(N)cc1. The Morgan fingerprint density at radius 2 is 1.73 bits per heavy atom. The van der Waals surface area contributed by atoms with E-state index >= 15 is 0 Å². The predicted octanol–water partition coefficient (Wildman–Crippen LogP) is 4.53. The minimum Gasteiger partial charge on any atom is -0.399 e. The van der Waals surface area contributed by atoms with E-state index in [1.807, 2.05) is 49.6 Å². The number of hydrogen-bond donors (Lipinski definition) is 3. The molecule has 0 aliphatic heterocycles. The molecule has 6 nitrogen and oxygen atoms in total. The lowest BCUT2D eigenvalue weighted by Gasteiger charge is -2.20. The largest absolute Gasteiger partial charge is 0.399 e. The van der Waals surface area contributed by atoms with Crippen LogP contribution in [0.3, 0.4) is 0 Å².